The molecule has 1 aliphatic rings. The highest BCUT2D eigenvalue weighted by Gasteiger charge is 2.21. The van der Waals surface area contributed by atoms with Gasteiger partial charge in [0.05, 0.1) is 11.0 Å². The van der Waals surface area contributed by atoms with Gasteiger partial charge in [0.25, 0.3) is 0 Å². The maximum absolute atomic E-state index is 12.0. The fourth-order valence-electron chi connectivity index (χ4n) is 2.84. The lowest BCUT2D eigenvalue weighted by Crippen LogP contribution is -2.43. The first-order valence-electron chi connectivity index (χ1n) is 7.59. The molecule has 1 saturated carbocycles. The number of hydrogen-bond acceptors (Lipinski definition) is 4. The maximum Gasteiger partial charge on any atom is 0.236 e. The third-order valence-corrected chi connectivity index (χ3v) is 5.11. The van der Waals surface area contributed by atoms with Gasteiger partial charge < -0.3 is 11.1 Å². The molecule has 0 aromatic carbocycles. The molecule has 2 atom stereocenters. The molecule has 0 spiro atoms. The Kier molecular flexibility index (Phi) is 5.98. The molecule has 20 heavy (non-hydrogen) atoms. The predicted molar refractivity (Wildman–Crippen MR) is 82.7 cm³/mol. The SMILES string of the molecule is CC(CNC(=O)C(N)CC1CCCCC1)c1nccs1. The summed E-state index contributed by atoms with van der Waals surface area (Å²) in [6.45, 7) is 2.69. The van der Waals surface area contributed by atoms with Crippen molar-refractivity contribution in [3.05, 3.63) is 16.6 Å². The van der Waals surface area contributed by atoms with Crippen LogP contribution in [0.25, 0.3) is 0 Å². The molecule has 0 bridgehead atoms. The Labute approximate surface area is 125 Å². The molecule has 4 nitrogen and oxygen atoms in total. The van der Waals surface area contributed by atoms with Crippen molar-refractivity contribution >= 4 is 17.2 Å². The van der Waals surface area contributed by atoms with Crippen LogP contribution < -0.4 is 11.1 Å². The Balaban J connectivity index is 1.70. The molecule has 2 unspecified atom stereocenters. The minimum absolute atomic E-state index is 0.0148. The minimum atomic E-state index is -0.360. The maximum atomic E-state index is 12.0. The van der Waals surface area contributed by atoms with Crippen LogP contribution in [0.4, 0.5) is 0 Å². The molecule has 1 aromatic rings. The summed E-state index contributed by atoms with van der Waals surface area (Å²) in [5.74, 6) is 0.876. The topological polar surface area (TPSA) is 68.0 Å². The second-order valence-electron chi connectivity index (χ2n) is 5.86. The van der Waals surface area contributed by atoms with E-state index >= 15 is 0 Å². The van der Waals surface area contributed by atoms with Crippen molar-refractivity contribution in [3.8, 4) is 0 Å². The normalized spacial score (nSPS) is 19.5. The number of hydrogen-bond donors (Lipinski definition) is 2. The number of thiazole rings is 1. The average Bonchev–Trinajstić information content (AvgIpc) is 2.99. The van der Waals surface area contributed by atoms with Crippen molar-refractivity contribution < 1.29 is 4.79 Å². The van der Waals surface area contributed by atoms with Crippen LogP contribution in [0.2, 0.25) is 0 Å². The van der Waals surface area contributed by atoms with Crippen LogP contribution in [0.5, 0.6) is 0 Å². The highest BCUT2D eigenvalue weighted by molar-refractivity contribution is 7.09. The molecule has 1 fully saturated rings. The number of rotatable bonds is 6. The van der Waals surface area contributed by atoms with E-state index in [4.69, 9.17) is 5.73 Å². The molecule has 1 heterocycles. The zero-order chi connectivity index (χ0) is 14.4. The molecule has 3 N–H and O–H groups in total. The van der Waals surface area contributed by atoms with Gasteiger partial charge in [-0.2, -0.15) is 0 Å². The average molecular weight is 295 g/mol. The molecule has 1 amide bonds. The van der Waals surface area contributed by atoms with Crippen molar-refractivity contribution in [2.45, 2.75) is 57.4 Å². The van der Waals surface area contributed by atoms with E-state index in [1.54, 1.807) is 17.5 Å². The van der Waals surface area contributed by atoms with Crippen molar-refractivity contribution in [1.82, 2.24) is 10.3 Å². The lowest BCUT2D eigenvalue weighted by atomic mass is 9.85. The lowest BCUT2D eigenvalue weighted by Gasteiger charge is -2.24. The fourth-order valence-corrected chi connectivity index (χ4v) is 3.54. The van der Waals surface area contributed by atoms with Crippen LogP contribution in [0, 0.1) is 5.92 Å². The summed E-state index contributed by atoms with van der Waals surface area (Å²) < 4.78 is 0. The summed E-state index contributed by atoms with van der Waals surface area (Å²) in [6, 6.07) is -0.360. The smallest absolute Gasteiger partial charge is 0.236 e. The summed E-state index contributed by atoms with van der Waals surface area (Å²) in [5, 5.41) is 5.98. The first-order valence-corrected chi connectivity index (χ1v) is 8.47. The van der Waals surface area contributed by atoms with Crippen LogP contribution in [-0.4, -0.2) is 23.5 Å². The summed E-state index contributed by atoms with van der Waals surface area (Å²) >= 11 is 1.63. The standard InChI is InChI=1S/C15H25N3OS/c1-11(15-17-7-8-20-15)10-18-14(19)13(16)9-12-5-3-2-4-6-12/h7-8,11-13H,2-6,9-10,16H2,1H3,(H,18,19). The number of carbonyl (C=O) groups is 1. The fraction of sp³-hybridized carbons (Fsp3) is 0.733. The van der Waals surface area contributed by atoms with E-state index in [1.807, 2.05) is 5.38 Å². The highest BCUT2D eigenvalue weighted by Crippen LogP contribution is 2.27. The van der Waals surface area contributed by atoms with Crippen molar-refractivity contribution in [2.24, 2.45) is 11.7 Å². The molecule has 0 saturated heterocycles. The monoisotopic (exact) mass is 295 g/mol. The molecule has 1 aliphatic carbocycles. The van der Waals surface area contributed by atoms with Crippen LogP contribution in [0.1, 0.15) is 56.4 Å². The molecule has 112 valence electrons. The summed E-state index contributed by atoms with van der Waals surface area (Å²) in [5.41, 5.74) is 6.03. The first kappa shape index (κ1) is 15.4. The van der Waals surface area contributed by atoms with Gasteiger partial charge in [-0.3, -0.25) is 4.79 Å². The Bertz CT molecular complexity index is 401. The highest BCUT2D eigenvalue weighted by atomic mass is 32.1. The summed E-state index contributed by atoms with van der Waals surface area (Å²) in [7, 11) is 0. The van der Waals surface area contributed by atoms with Gasteiger partial charge in [-0.15, -0.1) is 11.3 Å². The summed E-state index contributed by atoms with van der Waals surface area (Å²) in [6.07, 6.45) is 9.01. The van der Waals surface area contributed by atoms with E-state index in [0.29, 0.717) is 12.5 Å². The third kappa shape index (κ3) is 4.56. The molecular formula is C15H25N3OS. The largest absolute Gasteiger partial charge is 0.354 e. The van der Waals surface area contributed by atoms with E-state index in [1.165, 1.54) is 32.1 Å². The number of carbonyl (C=O) groups excluding carboxylic acids is 1. The minimum Gasteiger partial charge on any atom is -0.354 e. The lowest BCUT2D eigenvalue weighted by molar-refractivity contribution is -0.122. The van der Waals surface area contributed by atoms with E-state index in [9.17, 15) is 4.79 Å². The van der Waals surface area contributed by atoms with Gasteiger partial charge in [0.15, 0.2) is 0 Å². The number of nitrogens with two attached hydrogens (primary N) is 1. The summed E-state index contributed by atoms with van der Waals surface area (Å²) in [4.78, 5) is 16.3. The van der Waals surface area contributed by atoms with Crippen LogP contribution in [0.15, 0.2) is 11.6 Å². The zero-order valence-electron chi connectivity index (χ0n) is 12.2. The van der Waals surface area contributed by atoms with E-state index in [-0.39, 0.29) is 17.9 Å². The Morgan fingerprint density at radius 2 is 2.25 bits per heavy atom. The number of nitrogens with one attached hydrogen (secondary N) is 1. The Hall–Kier alpha value is -0.940. The van der Waals surface area contributed by atoms with Gasteiger partial charge >= 0.3 is 0 Å². The Morgan fingerprint density at radius 3 is 2.90 bits per heavy atom. The van der Waals surface area contributed by atoms with E-state index < -0.39 is 0 Å². The van der Waals surface area contributed by atoms with Crippen molar-refractivity contribution in [2.75, 3.05) is 6.54 Å². The molecular weight excluding hydrogens is 270 g/mol. The van der Waals surface area contributed by atoms with E-state index in [2.05, 4.69) is 17.2 Å². The van der Waals surface area contributed by atoms with Gasteiger partial charge in [0, 0.05) is 24.0 Å². The van der Waals surface area contributed by atoms with Crippen molar-refractivity contribution in [1.29, 1.82) is 0 Å². The van der Waals surface area contributed by atoms with Crippen molar-refractivity contribution in [3.63, 3.8) is 0 Å². The molecule has 1 aromatic heterocycles. The molecule has 2 rings (SSSR count). The predicted octanol–water partition coefficient (Wildman–Crippen LogP) is 2.66. The third-order valence-electron chi connectivity index (χ3n) is 4.10. The zero-order valence-corrected chi connectivity index (χ0v) is 13.0. The van der Waals surface area contributed by atoms with Gasteiger partial charge in [-0.05, 0) is 12.3 Å². The molecule has 0 radical (unpaired) electrons. The van der Waals surface area contributed by atoms with Crippen LogP contribution >= 0.6 is 11.3 Å². The van der Waals surface area contributed by atoms with Gasteiger partial charge in [0.1, 0.15) is 0 Å². The van der Waals surface area contributed by atoms with Gasteiger partial charge in [-0.1, -0.05) is 39.0 Å². The van der Waals surface area contributed by atoms with Crippen LogP contribution in [0.3, 0.4) is 0 Å². The van der Waals surface area contributed by atoms with Gasteiger partial charge in [0.2, 0.25) is 5.91 Å². The molecule has 5 heteroatoms. The number of nitrogens with zero attached hydrogens (tertiary/aromatic N) is 1. The van der Waals surface area contributed by atoms with Gasteiger partial charge in [-0.25, -0.2) is 4.98 Å². The Morgan fingerprint density at radius 1 is 1.50 bits per heavy atom. The second-order valence-corrected chi connectivity index (χ2v) is 6.79. The first-order chi connectivity index (χ1) is 9.66. The quantitative estimate of drug-likeness (QED) is 0.848. The molecule has 0 aliphatic heterocycles. The van der Waals surface area contributed by atoms with E-state index in [0.717, 1.165) is 11.4 Å². The number of amides is 1. The number of aromatic nitrogens is 1. The second kappa shape index (κ2) is 7.74. The van der Waals surface area contributed by atoms with Crippen LogP contribution in [-0.2, 0) is 4.79 Å².